The first-order chi connectivity index (χ1) is 46.8. The standard InChI is InChI=1S/C95H82N2/c1-90(2,3)93(9,10)94(11,91(4,5)6)69-44-33-63(34-45-69)67-41-53-78-75-26-16-20-30-83(75)95(86(78)58-67)84-31-21-17-27-76(84)79-54-42-68(59-87(79)95)65-39-50-72(51-40-65)97-88-32-22-18-28-80(88)81-57-66(43-56-89(81)97)64-37-48-71(49-38-64)96(70-46-35-62(36-47-70)61-23-13-12-14-24-61)73-52-55-77-74-25-15-19-29-82(74)92(7,8)85(77)60-73/h12-60H,1-11H3. The summed E-state index contributed by atoms with van der Waals surface area (Å²) in [5.74, 6) is 0. The molecule has 0 fully saturated rings. The fraction of sp³-hybridized carbons (Fsp3) is 0.179. The second-order valence-corrected chi connectivity index (χ2v) is 31.0. The SMILES string of the molecule is CC1(C)c2ccccc2-c2ccc(N(c3ccc(-c4ccccc4)cc3)c3ccc(-c4ccc5c(c4)c4ccccc4n5-c4ccc(-c5ccc6c(c5)C5(c7ccccc7-6)c6ccccc6-c6ccc(-c7ccc(C(C)(C(C)(C)C)C(C)(C)C(C)(C)C)cc7)cc65)cc4)cc3)cc21. The van der Waals surface area contributed by atoms with Crippen LogP contribution >= 0.6 is 0 Å². The topological polar surface area (TPSA) is 8.17 Å². The Morgan fingerprint density at radius 2 is 0.670 bits per heavy atom. The minimum Gasteiger partial charge on any atom is -0.310 e. The maximum atomic E-state index is 2.53. The van der Waals surface area contributed by atoms with Crippen molar-refractivity contribution >= 4 is 38.9 Å². The minimum absolute atomic E-state index is 0.00590. The van der Waals surface area contributed by atoms with Gasteiger partial charge in [0, 0.05) is 44.4 Å². The molecule has 0 amide bonds. The van der Waals surface area contributed by atoms with Gasteiger partial charge in [0.1, 0.15) is 0 Å². The van der Waals surface area contributed by atoms with Gasteiger partial charge in [0.2, 0.25) is 0 Å². The van der Waals surface area contributed by atoms with Crippen molar-refractivity contribution in [1.82, 2.24) is 4.57 Å². The molecule has 17 rings (SSSR count). The normalized spacial score (nSPS) is 15.6. The predicted octanol–water partition coefficient (Wildman–Crippen LogP) is 25.9. The molecule has 0 saturated heterocycles. The van der Waals surface area contributed by atoms with Crippen LogP contribution in [-0.4, -0.2) is 4.57 Å². The summed E-state index contributed by atoms with van der Waals surface area (Å²) in [6.45, 7) is 26.6. The number of rotatable bonds is 10. The molecule has 3 aliphatic carbocycles. The number of para-hydroxylation sites is 1. The smallest absolute Gasteiger partial charge is 0.0725 e. The van der Waals surface area contributed by atoms with E-state index in [1.807, 2.05) is 0 Å². The van der Waals surface area contributed by atoms with Crippen LogP contribution in [0, 0.1) is 16.2 Å². The largest absolute Gasteiger partial charge is 0.310 e. The van der Waals surface area contributed by atoms with Crippen LogP contribution in [0.1, 0.15) is 115 Å². The highest BCUT2D eigenvalue weighted by Gasteiger charge is 2.55. The summed E-state index contributed by atoms with van der Waals surface area (Å²) < 4.78 is 2.44. The van der Waals surface area contributed by atoms with Crippen LogP contribution in [0.5, 0.6) is 0 Å². The van der Waals surface area contributed by atoms with Crippen molar-refractivity contribution in [2.75, 3.05) is 4.90 Å². The molecule has 0 bridgehead atoms. The van der Waals surface area contributed by atoms with E-state index in [9.17, 15) is 0 Å². The van der Waals surface area contributed by atoms with Crippen molar-refractivity contribution < 1.29 is 0 Å². The Morgan fingerprint density at radius 3 is 1.23 bits per heavy atom. The average molecular weight is 1250 g/mol. The first kappa shape index (κ1) is 60.1. The lowest BCUT2D eigenvalue weighted by Crippen LogP contribution is -2.54. The molecule has 13 aromatic carbocycles. The van der Waals surface area contributed by atoms with E-state index in [1.165, 1.54) is 139 Å². The van der Waals surface area contributed by atoms with Crippen molar-refractivity contribution in [3.63, 3.8) is 0 Å². The highest BCUT2D eigenvalue weighted by Crippen LogP contribution is 2.65. The second-order valence-electron chi connectivity index (χ2n) is 31.0. The van der Waals surface area contributed by atoms with Crippen molar-refractivity contribution in [2.45, 2.75) is 92.4 Å². The third kappa shape index (κ3) is 8.91. The van der Waals surface area contributed by atoms with Crippen LogP contribution in [0.4, 0.5) is 17.1 Å². The molecule has 0 saturated carbocycles. The van der Waals surface area contributed by atoms with Gasteiger partial charge in [0.25, 0.3) is 0 Å². The first-order valence-corrected chi connectivity index (χ1v) is 34.8. The third-order valence-electron chi connectivity index (χ3n) is 24.2. The van der Waals surface area contributed by atoms with E-state index in [1.54, 1.807) is 0 Å². The van der Waals surface area contributed by atoms with E-state index in [4.69, 9.17) is 0 Å². The Hall–Kier alpha value is -10.5. The molecule has 2 nitrogen and oxygen atoms in total. The quantitative estimate of drug-likeness (QED) is 0.132. The first-order valence-electron chi connectivity index (χ1n) is 34.8. The Labute approximate surface area is 573 Å². The van der Waals surface area contributed by atoms with Crippen LogP contribution < -0.4 is 4.90 Å². The maximum absolute atomic E-state index is 2.53. The highest BCUT2D eigenvalue weighted by molar-refractivity contribution is 6.10. The molecule has 0 radical (unpaired) electrons. The molecule has 2 unspecified atom stereocenters. The Bertz CT molecular complexity index is 5440. The molecule has 1 spiro atoms. The van der Waals surface area contributed by atoms with Crippen LogP contribution in [0.25, 0.3) is 105 Å². The van der Waals surface area contributed by atoms with Crippen LogP contribution in [0.2, 0.25) is 0 Å². The van der Waals surface area contributed by atoms with Gasteiger partial charge in [-0.2, -0.15) is 0 Å². The Kier molecular flexibility index (Phi) is 13.5. The molecular weight excluding hydrogens is 1170 g/mol. The highest BCUT2D eigenvalue weighted by atomic mass is 15.1. The lowest BCUT2D eigenvalue weighted by molar-refractivity contribution is -0.0312. The lowest BCUT2D eigenvalue weighted by Gasteiger charge is -2.59. The van der Waals surface area contributed by atoms with Crippen molar-refractivity contribution in [3.8, 4) is 83.6 Å². The van der Waals surface area contributed by atoms with Gasteiger partial charge in [-0.1, -0.05) is 295 Å². The molecule has 2 heteroatoms. The zero-order valence-electron chi connectivity index (χ0n) is 57.7. The van der Waals surface area contributed by atoms with Gasteiger partial charge in [-0.15, -0.1) is 0 Å². The van der Waals surface area contributed by atoms with Gasteiger partial charge in [0.15, 0.2) is 0 Å². The zero-order chi connectivity index (χ0) is 66.5. The molecule has 1 heterocycles. The van der Waals surface area contributed by atoms with Gasteiger partial charge in [0.05, 0.1) is 16.4 Å². The number of nitrogens with zero attached hydrogens (tertiary/aromatic N) is 2. The van der Waals surface area contributed by atoms with Gasteiger partial charge >= 0.3 is 0 Å². The molecule has 0 N–H and O–H groups in total. The van der Waals surface area contributed by atoms with Crippen LogP contribution in [0.15, 0.2) is 297 Å². The van der Waals surface area contributed by atoms with E-state index in [2.05, 4.69) is 383 Å². The summed E-state index contributed by atoms with van der Waals surface area (Å²) >= 11 is 0. The molecule has 97 heavy (non-hydrogen) atoms. The number of anilines is 3. The van der Waals surface area contributed by atoms with Crippen molar-refractivity contribution in [3.05, 3.63) is 336 Å². The zero-order valence-corrected chi connectivity index (χ0v) is 57.7. The predicted molar refractivity (Wildman–Crippen MR) is 411 cm³/mol. The number of aromatic nitrogens is 1. The third-order valence-corrected chi connectivity index (χ3v) is 24.2. The van der Waals surface area contributed by atoms with Gasteiger partial charge in [-0.05, 0) is 212 Å². The van der Waals surface area contributed by atoms with Crippen molar-refractivity contribution in [1.29, 1.82) is 0 Å². The molecule has 1 aromatic heterocycles. The van der Waals surface area contributed by atoms with E-state index in [0.717, 1.165) is 22.7 Å². The van der Waals surface area contributed by atoms with Crippen molar-refractivity contribution in [2.24, 2.45) is 16.2 Å². The summed E-state index contributed by atoms with van der Waals surface area (Å²) in [5, 5.41) is 2.46. The molecule has 14 aromatic rings. The number of benzene rings is 13. The fourth-order valence-electron chi connectivity index (χ4n) is 17.7. The average Bonchev–Trinajstić information content (AvgIpc) is 1.53. The minimum atomic E-state index is -0.500. The fourth-order valence-corrected chi connectivity index (χ4v) is 17.7. The summed E-state index contributed by atoms with van der Waals surface area (Å²) in [5.41, 5.74) is 33.3. The molecular formula is C95H82N2. The molecule has 0 aliphatic heterocycles. The number of hydrogen-bond acceptors (Lipinski definition) is 1. The molecule has 3 aliphatic rings. The molecule has 2 atom stereocenters. The number of hydrogen-bond donors (Lipinski definition) is 0. The maximum Gasteiger partial charge on any atom is 0.0725 e. The van der Waals surface area contributed by atoms with Crippen LogP contribution in [-0.2, 0) is 16.2 Å². The molecule has 472 valence electrons. The Balaban J connectivity index is 0.710. The summed E-state index contributed by atoms with van der Waals surface area (Å²) in [6, 6.07) is 113. The van der Waals surface area contributed by atoms with Gasteiger partial charge in [-0.3, -0.25) is 0 Å². The second kappa shape index (κ2) is 21.7. The monoisotopic (exact) mass is 1250 g/mol. The van der Waals surface area contributed by atoms with Gasteiger partial charge < -0.3 is 9.47 Å². The summed E-state index contributed by atoms with van der Waals surface area (Å²) in [4.78, 5) is 2.42. The van der Waals surface area contributed by atoms with E-state index in [-0.39, 0.29) is 27.1 Å². The number of fused-ring (bicyclic) bond motifs is 16. The lowest BCUT2D eigenvalue weighted by atomic mass is 9.45. The van der Waals surface area contributed by atoms with E-state index in [0.29, 0.717) is 0 Å². The van der Waals surface area contributed by atoms with E-state index >= 15 is 0 Å². The van der Waals surface area contributed by atoms with Crippen LogP contribution in [0.3, 0.4) is 0 Å². The summed E-state index contributed by atoms with van der Waals surface area (Å²) in [6.07, 6.45) is 0. The summed E-state index contributed by atoms with van der Waals surface area (Å²) in [7, 11) is 0. The van der Waals surface area contributed by atoms with E-state index < -0.39 is 5.41 Å². The van der Waals surface area contributed by atoms with Gasteiger partial charge in [-0.25, -0.2) is 0 Å². The Morgan fingerprint density at radius 1 is 0.278 bits per heavy atom.